The molecule has 0 aromatic heterocycles. The zero-order chi connectivity index (χ0) is 24.7. The Morgan fingerprint density at radius 1 is 1.12 bits per heavy atom. The summed E-state index contributed by atoms with van der Waals surface area (Å²) >= 11 is 0. The van der Waals surface area contributed by atoms with Crippen LogP contribution in [0.3, 0.4) is 0 Å². The van der Waals surface area contributed by atoms with Crippen molar-refractivity contribution in [3.63, 3.8) is 0 Å². The van der Waals surface area contributed by atoms with Gasteiger partial charge in [0.1, 0.15) is 18.2 Å². The Hall–Kier alpha value is -3.88. The van der Waals surface area contributed by atoms with Gasteiger partial charge in [0.25, 0.3) is 0 Å². The molecule has 2 aromatic rings. The predicted molar refractivity (Wildman–Crippen MR) is 127 cm³/mol. The Balaban J connectivity index is 1.63. The molecule has 180 valence electrons. The number of nitrogens with zero attached hydrogens (tertiary/aromatic N) is 1. The molecule has 0 unspecified atom stereocenters. The largest absolute Gasteiger partial charge is 0.491 e. The number of nitrogens with one attached hydrogen (secondary N) is 2. The highest BCUT2D eigenvalue weighted by molar-refractivity contribution is 5.95. The Labute approximate surface area is 198 Å². The van der Waals surface area contributed by atoms with Gasteiger partial charge in [0.05, 0.1) is 25.5 Å². The highest BCUT2D eigenvalue weighted by Gasteiger charge is 2.40. The number of methoxy groups -OCH3 is 1. The third-order valence-corrected chi connectivity index (χ3v) is 5.82. The zero-order valence-electron chi connectivity index (χ0n) is 19.4. The Morgan fingerprint density at radius 2 is 1.74 bits per heavy atom. The van der Waals surface area contributed by atoms with E-state index >= 15 is 0 Å². The summed E-state index contributed by atoms with van der Waals surface area (Å²) in [6, 6.07) is 14.8. The number of amides is 2. The van der Waals surface area contributed by atoms with Gasteiger partial charge in [-0.3, -0.25) is 19.8 Å². The predicted octanol–water partition coefficient (Wildman–Crippen LogP) is 1.93. The molecule has 0 saturated carbocycles. The van der Waals surface area contributed by atoms with Crippen LogP contribution in [0.25, 0.3) is 11.1 Å². The van der Waals surface area contributed by atoms with Crippen LogP contribution in [0.2, 0.25) is 0 Å². The minimum atomic E-state index is -0.460. The number of carbonyl (C=O) groups is 3. The van der Waals surface area contributed by atoms with Crippen molar-refractivity contribution >= 4 is 23.6 Å². The van der Waals surface area contributed by atoms with Gasteiger partial charge in [-0.05, 0) is 29.7 Å². The second kappa shape index (κ2) is 11.3. The summed E-state index contributed by atoms with van der Waals surface area (Å²) in [5, 5.41) is 10.2. The number of rotatable bonds is 10. The van der Waals surface area contributed by atoms with E-state index in [9.17, 15) is 14.4 Å². The third-order valence-electron chi connectivity index (χ3n) is 5.82. The molecule has 1 fully saturated rings. The van der Waals surface area contributed by atoms with Crippen LogP contribution < -0.4 is 15.8 Å². The average Bonchev–Trinajstić information content (AvgIpc) is 3.12. The van der Waals surface area contributed by atoms with Crippen molar-refractivity contribution in [3.05, 3.63) is 54.1 Å². The van der Waals surface area contributed by atoms with Crippen LogP contribution in [0.1, 0.15) is 25.3 Å². The fraction of sp³-hybridized carbons (Fsp3) is 0.360. The molecule has 2 atom stereocenters. The summed E-state index contributed by atoms with van der Waals surface area (Å²) < 4.78 is 10.7. The average molecular weight is 467 g/mol. The van der Waals surface area contributed by atoms with E-state index < -0.39 is 11.9 Å². The molecule has 9 heteroatoms. The second-order valence-electron chi connectivity index (χ2n) is 8.21. The Kier molecular flexibility index (Phi) is 8.24. The first kappa shape index (κ1) is 24.8. The summed E-state index contributed by atoms with van der Waals surface area (Å²) in [5.41, 5.74) is 8.16. The van der Waals surface area contributed by atoms with Crippen LogP contribution in [0.5, 0.6) is 5.75 Å². The number of likely N-dealkylation sites (tertiary alicyclic amines) is 1. The summed E-state index contributed by atoms with van der Waals surface area (Å²) in [6.07, 6.45) is 0.508. The summed E-state index contributed by atoms with van der Waals surface area (Å²) in [5.74, 6) is -0.488. The van der Waals surface area contributed by atoms with E-state index in [1.165, 1.54) is 14.0 Å². The van der Waals surface area contributed by atoms with Gasteiger partial charge in [0, 0.05) is 25.6 Å². The Morgan fingerprint density at radius 3 is 2.29 bits per heavy atom. The van der Waals surface area contributed by atoms with Gasteiger partial charge in [0.15, 0.2) is 0 Å². The van der Waals surface area contributed by atoms with E-state index in [0.29, 0.717) is 30.8 Å². The smallest absolute Gasteiger partial charge is 0.306 e. The molecular formula is C25H30N4O5. The molecule has 1 aliphatic rings. The molecule has 2 amide bonds. The number of esters is 1. The number of benzene rings is 2. The van der Waals surface area contributed by atoms with Crippen molar-refractivity contribution in [2.45, 2.75) is 25.8 Å². The summed E-state index contributed by atoms with van der Waals surface area (Å²) in [6.45, 7) is 2.38. The van der Waals surface area contributed by atoms with E-state index in [0.717, 1.165) is 11.1 Å². The maximum Gasteiger partial charge on any atom is 0.306 e. The SMILES string of the molecule is COC(=O)C[C@@H]1C[C@@H](COc2ccc(-c3ccc(C(=N)N)cc3)cc2)N(CCNC(C)=O)C1=O. The van der Waals surface area contributed by atoms with Crippen LogP contribution >= 0.6 is 0 Å². The fourth-order valence-electron chi connectivity index (χ4n) is 4.01. The molecule has 1 aliphatic heterocycles. The number of hydrogen-bond acceptors (Lipinski definition) is 6. The second-order valence-corrected chi connectivity index (χ2v) is 8.21. The molecule has 0 aliphatic carbocycles. The van der Waals surface area contributed by atoms with Gasteiger partial charge < -0.3 is 25.4 Å². The molecule has 9 nitrogen and oxygen atoms in total. The van der Waals surface area contributed by atoms with E-state index in [1.54, 1.807) is 17.0 Å². The number of ether oxygens (including phenoxy) is 2. The maximum atomic E-state index is 12.9. The first-order valence-corrected chi connectivity index (χ1v) is 11.1. The standard InChI is InChI=1S/C25H30N4O5/c1-16(30)28-11-12-29-21(13-20(25(29)32)14-23(31)33-2)15-34-22-9-7-18(8-10-22)17-3-5-19(6-4-17)24(26)27/h3-10,20-21H,11-15H2,1-2H3,(H3,26,27)(H,28,30)/t20-,21-/m0/s1. The van der Waals surface area contributed by atoms with Gasteiger partial charge in [-0.2, -0.15) is 0 Å². The Bertz CT molecular complexity index is 1040. The van der Waals surface area contributed by atoms with Crippen molar-refractivity contribution in [3.8, 4) is 16.9 Å². The minimum absolute atomic E-state index is 0.0274. The minimum Gasteiger partial charge on any atom is -0.491 e. The molecule has 4 N–H and O–H groups in total. The van der Waals surface area contributed by atoms with Crippen molar-refractivity contribution in [2.24, 2.45) is 11.7 Å². The number of nitrogen functional groups attached to an aromatic ring is 1. The quantitative estimate of drug-likeness (QED) is 0.278. The molecule has 1 heterocycles. The number of hydrogen-bond donors (Lipinski definition) is 3. The van der Waals surface area contributed by atoms with Crippen LogP contribution in [0, 0.1) is 11.3 Å². The van der Waals surface area contributed by atoms with Gasteiger partial charge in [-0.1, -0.05) is 36.4 Å². The lowest BCUT2D eigenvalue weighted by Crippen LogP contribution is -2.42. The summed E-state index contributed by atoms with van der Waals surface area (Å²) in [4.78, 5) is 37.4. The molecule has 2 aromatic carbocycles. The number of carbonyl (C=O) groups excluding carboxylic acids is 3. The zero-order valence-corrected chi connectivity index (χ0v) is 19.4. The molecular weight excluding hydrogens is 436 g/mol. The molecule has 34 heavy (non-hydrogen) atoms. The summed E-state index contributed by atoms with van der Waals surface area (Å²) in [7, 11) is 1.30. The van der Waals surface area contributed by atoms with Gasteiger partial charge in [0.2, 0.25) is 11.8 Å². The van der Waals surface area contributed by atoms with Gasteiger partial charge in [-0.25, -0.2) is 0 Å². The number of amidine groups is 1. The first-order valence-electron chi connectivity index (χ1n) is 11.1. The lowest BCUT2D eigenvalue weighted by Gasteiger charge is -2.25. The van der Waals surface area contributed by atoms with Gasteiger partial charge in [-0.15, -0.1) is 0 Å². The van der Waals surface area contributed by atoms with Gasteiger partial charge >= 0.3 is 5.97 Å². The lowest BCUT2D eigenvalue weighted by atomic mass is 10.0. The molecule has 1 saturated heterocycles. The topological polar surface area (TPSA) is 135 Å². The van der Waals surface area contributed by atoms with Crippen molar-refractivity contribution in [2.75, 3.05) is 26.8 Å². The molecule has 0 radical (unpaired) electrons. The van der Waals surface area contributed by atoms with E-state index in [1.807, 2.05) is 36.4 Å². The molecule has 3 rings (SSSR count). The van der Waals surface area contributed by atoms with Crippen LogP contribution in [0.15, 0.2) is 48.5 Å². The van der Waals surface area contributed by atoms with E-state index in [4.69, 9.17) is 20.6 Å². The highest BCUT2D eigenvalue weighted by Crippen LogP contribution is 2.29. The normalized spacial score (nSPS) is 17.4. The van der Waals surface area contributed by atoms with E-state index in [2.05, 4.69) is 5.32 Å². The lowest BCUT2D eigenvalue weighted by molar-refractivity contribution is -0.144. The van der Waals surface area contributed by atoms with Crippen molar-refractivity contribution in [1.82, 2.24) is 10.2 Å². The third kappa shape index (κ3) is 6.34. The van der Waals surface area contributed by atoms with Crippen molar-refractivity contribution < 1.29 is 23.9 Å². The van der Waals surface area contributed by atoms with Crippen molar-refractivity contribution in [1.29, 1.82) is 5.41 Å². The number of nitrogens with two attached hydrogens (primary N) is 1. The molecule has 0 spiro atoms. The monoisotopic (exact) mass is 466 g/mol. The fourth-order valence-corrected chi connectivity index (χ4v) is 4.01. The molecule has 0 bridgehead atoms. The highest BCUT2D eigenvalue weighted by atomic mass is 16.5. The maximum absolute atomic E-state index is 12.9. The van der Waals surface area contributed by atoms with Crippen LogP contribution in [-0.2, 0) is 19.1 Å². The van der Waals surface area contributed by atoms with E-state index in [-0.39, 0.29) is 36.7 Å². The van der Waals surface area contributed by atoms with Crippen LogP contribution in [-0.4, -0.2) is 61.4 Å². The first-order chi connectivity index (χ1) is 16.3. The van der Waals surface area contributed by atoms with Crippen LogP contribution in [0.4, 0.5) is 0 Å².